The molecule has 0 atom stereocenters. The first-order chi connectivity index (χ1) is 6.84. The lowest BCUT2D eigenvalue weighted by atomic mass is 10.2. The van der Waals surface area contributed by atoms with E-state index in [1.54, 1.807) is 18.3 Å². The highest BCUT2D eigenvalue weighted by Crippen LogP contribution is 1.97. The Morgan fingerprint density at radius 2 is 2.07 bits per heavy atom. The molecule has 0 aromatic heterocycles. The fraction of sp³-hybridized carbons (Fsp3) is 0.250. The predicted molar refractivity (Wildman–Crippen MR) is 58.0 cm³/mol. The number of amides is 1. The van der Waals surface area contributed by atoms with Crippen molar-refractivity contribution in [2.24, 2.45) is 0 Å². The molecule has 0 unspecified atom stereocenters. The Morgan fingerprint density at radius 1 is 1.36 bits per heavy atom. The molecule has 0 heterocycles. The van der Waals surface area contributed by atoms with Gasteiger partial charge in [-0.1, -0.05) is 37.6 Å². The summed E-state index contributed by atoms with van der Waals surface area (Å²) in [6.07, 6.45) is 5.76. The van der Waals surface area contributed by atoms with Crippen molar-refractivity contribution in [2.75, 3.05) is 0 Å². The van der Waals surface area contributed by atoms with Crippen molar-refractivity contribution in [3.63, 3.8) is 0 Å². The molecule has 0 bridgehead atoms. The number of benzene rings is 1. The normalized spacial score (nSPS) is 10.4. The molecule has 1 N–H and O–H groups in total. The molecule has 0 aliphatic heterocycles. The van der Waals surface area contributed by atoms with Gasteiger partial charge in [-0.3, -0.25) is 4.79 Å². The molecule has 1 amide bonds. The topological polar surface area (TPSA) is 29.1 Å². The summed E-state index contributed by atoms with van der Waals surface area (Å²) in [5, 5.41) is 2.71. The number of hydrogen-bond donors (Lipinski definition) is 1. The summed E-state index contributed by atoms with van der Waals surface area (Å²) in [5.74, 6) is -0.0575. The molecule has 0 radical (unpaired) electrons. The van der Waals surface area contributed by atoms with Gasteiger partial charge in [0, 0.05) is 11.8 Å². The highest BCUT2D eigenvalue weighted by molar-refractivity contribution is 5.94. The third-order valence-corrected chi connectivity index (χ3v) is 1.82. The van der Waals surface area contributed by atoms with Gasteiger partial charge in [0.05, 0.1) is 0 Å². The summed E-state index contributed by atoms with van der Waals surface area (Å²) in [7, 11) is 0. The van der Waals surface area contributed by atoms with Gasteiger partial charge in [-0.05, 0) is 18.6 Å². The highest BCUT2D eigenvalue weighted by Gasteiger charge is 1.99. The molecule has 0 aliphatic rings. The zero-order valence-corrected chi connectivity index (χ0v) is 8.36. The Bertz CT molecular complexity index is 303. The number of hydrogen-bond acceptors (Lipinski definition) is 1. The van der Waals surface area contributed by atoms with Crippen LogP contribution in [0.3, 0.4) is 0 Å². The quantitative estimate of drug-likeness (QED) is 0.775. The summed E-state index contributed by atoms with van der Waals surface area (Å²) >= 11 is 0. The van der Waals surface area contributed by atoms with Gasteiger partial charge < -0.3 is 5.32 Å². The van der Waals surface area contributed by atoms with Gasteiger partial charge in [0.2, 0.25) is 0 Å². The van der Waals surface area contributed by atoms with Crippen molar-refractivity contribution in [3.8, 4) is 0 Å². The maximum atomic E-state index is 11.4. The third-order valence-electron chi connectivity index (χ3n) is 1.82. The summed E-state index contributed by atoms with van der Waals surface area (Å²) in [4.78, 5) is 11.4. The predicted octanol–water partition coefficient (Wildman–Crippen LogP) is 2.73. The van der Waals surface area contributed by atoms with E-state index >= 15 is 0 Å². The molecule has 0 saturated carbocycles. The SMILES string of the molecule is CCCC=CNC(=O)c1ccccc1. The van der Waals surface area contributed by atoms with E-state index in [1.165, 1.54) is 0 Å². The molecule has 0 saturated heterocycles. The summed E-state index contributed by atoms with van der Waals surface area (Å²) in [5.41, 5.74) is 0.689. The molecular formula is C12H15NO. The van der Waals surface area contributed by atoms with Crippen LogP contribution < -0.4 is 5.32 Å². The fourth-order valence-corrected chi connectivity index (χ4v) is 1.06. The Morgan fingerprint density at radius 3 is 2.71 bits per heavy atom. The second-order valence-corrected chi connectivity index (χ2v) is 3.03. The van der Waals surface area contributed by atoms with Crippen LogP contribution in [0.4, 0.5) is 0 Å². The van der Waals surface area contributed by atoms with Crippen molar-refractivity contribution in [2.45, 2.75) is 19.8 Å². The van der Waals surface area contributed by atoms with Gasteiger partial charge in [0.15, 0.2) is 0 Å². The van der Waals surface area contributed by atoms with Crippen molar-refractivity contribution >= 4 is 5.91 Å². The van der Waals surface area contributed by atoms with Crippen molar-refractivity contribution in [3.05, 3.63) is 48.2 Å². The highest BCUT2D eigenvalue weighted by atomic mass is 16.1. The second kappa shape index (κ2) is 5.97. The number of rotatable bonds is 4. The second-order valence-electron chi connectivity index (χ2n) is 3.03. The molecule has 2 heteroatoms. The average molecular weight is 189 g/mol. The van der Waals surface area contributed by atoms with Crippen LogP contribution in [0.2, 0.25) is 0 Å². The van der Waals surface area contributed by atoms with Gasteiger partial charge in [0.1, 0.15) is 0 Å². The molecule has 1 aromatic rings. The minimum Gasteiger partial charge on any atom is -0.329 e. The number of carbonyl (C=O) groups excluding carboxylic acids is 1. The standard InChI is InChI=1S/C12H15NO/c1-2-3-7-10-13-12(14)11-8-5-4-6-9-11/h4-10H,2-3H2,1H3,(H,13,14). The number of allylic oxidation sites excluding steroid dienone is 1. The van der Waals surface area contributed by atoms with E-state index in [1.807, 2.05) is 24.3 Å². The van der Waals surface area contributed by atoms with Crippen LogP contribution >= 0.6 is 0 Å². The molecule has 0 fully saturated rings. The summed E-state index contributed by atoms with van der Waals surface area (Å²) in [6, 6.07) is 9.19. The van der Waals surface area contributed by atoms with Gasteiger partial charge in [-0.25, -0.2) is 0 Å². The Hall–Kier alpha value is -1.57. The molecule has 1 rings (SSSR count). The molecular weight excluding hydrogens is 174 g/mol. The Kier molecular flexibility index (Phi) is 4.48. The van der Waals surface area contributed by atoms with Gasteiger partial charge in [-0.15, -0.1) is 0 Å². The van der Waals surface area contributed by atoms with Crippen molar-refractivity contribution < 1.29 is 4.79 Å². The van der Waals surface area contributed by atoms with Crippen LogP contribution in [0.15, 0.2) is 42.6 Å². The maximum absolute atomic E-state index is 11.4. The van der Waals surface area contributed by atoms with Crippen LogP contribution in [-0.4, -0.2) is 5.91 Å². The maximum Gasteiger partial charge on any atom is 0.255 e. The lowest BCUT2D eigenvalue weighted by Gasteiger charge is -1.98. The van der Waals surface area contributed by atoms with Crippen LogP contribution in [0, 0.1) is 0 Å². The van der Waals surface area contributed by atoms with Crippen molar-refractivity contribution in [1.82, 2.24) is 5.32 Å². The van der Waals surface area contributed by atoms with Crippen LogP contribution in [0.1, 0.15) is 30.1 Å². The van der Waals surface area contributed by atoms with Crippen LogP contribution in [0.5, 0.6) is 0 Å². The summed E-state index contributed by atoms with van der Waals surface area (Å²) < 4.78 is 0. The number of unbranched alkanes of at least 4 members (excludes halogenated alkanes) is 1. The molecule has 0 spiro atoms. The van der Waals surface area contributed by atoms with Crippen LogP contribution in [0.25, 0.3) is 0 Å². The average Bonchev–Trinajstić information content (AvgIpc) is 2.25. The third kappa shape index (κ3) is 3.44. The first kappa shape index (κ1) is 10.5. The van der Waals surface area contributed by atoms with Gasteiger partial charge in [-0.2, -0.15) is 0 Å². The number of nitrogens with one attached hydrogen (secondary N) is 1. The summed E-state index contributed by atoms with van der Waals surface area (Å²) in [6.45, 7) is 2.10. The van der Waals surface area contributed by atoms with E-state index in [9.17, 15) is 4.79 Å². The fourth-order valence-electron chi connectivity index (χ4n) is 1.06. The lowest BCUT2D eigenvalue weighted by molar-refractivity contribution is 0.0970. The van der Waals surface area contributed by atoms with E-state index in [0.29, 0.717) is 5.56 Å². The van der Waals surface area contributed by atoms with Crippen LogP contribution in [-0.2, 0) is 0 Å². The Labute approximate surface area is 84.6 Å². The molecule has 1 aromatic carbocycles. The molecule has 14 heavy (non-hydrogen) atoms. The smallest absolute Gasteiger partial charge is 0.255 e. The molecule has 0 aliphatic carbocycles. The first-order valence-electron chi connectivity index (χ1n) is 4.85. The van der Waals surface area contributed by atoms with E-state index < -0.39 is 0 Å². The van der Waals surface area contributed by atoms with Gasteiger partial charge >= 0.3 is 0 Å². The first-order valence-corrected chi connectivity index (χ1v) is 4.85. The van der Waals surface area contributed by atoms with E-state index in [4.69, 9.17) is 0 Å². The Balaban J connectivity index is 2.44. The largest absolute Gasteiger partial charge is 0.329 e. The number of carbonyl (C=O) groups is 1. The zero-order valence-electron chi connectivity index (χ0n) is 8.36. The minimum atomic E-state index is -0.0575. The zero-order chi connectivity index (χ0) is 10.2. The lowest BCUT2D eigenvalue weighted by Crippen LogP contribution is -2.16. The molecule has 2 nitrogen and oxygen atoms in total. The van der Waals surface area contributed by atoms with E-state index in [-0.39, 0.29) is 5.91 Å². The monoisotopic (exact) mass is 189 g/mol. The molecule has 74 valence electrons. The van der Waals surface area contributed by atoms with E-state index in [0.717, 1.165) is 12.8 Å². The van der Waals surface area contributed by atoms with Crippen molar-refractivity contribution in [1.29, 1.82) is 0 Å². The minimum absolute atomic E-state index is 0.0575. The van der Waals surface area contributed by atoms with Gasteiger partial charge in [0.25, 0.3) is 5.91 Å². The van der Waals surface area contributed by atoms with E-state index in [2.05, 4.69) is 12.2 Å².